The predicted molar refractivity (Wildman–Crippen MR) is 146 cm³/mol. The molecule has 1 saturated heterocycles. The Morgan fingerprint density at radius 2 is 2.05 bits per heavy atom. The summed E-state index contributed by atoms with van der Waals surface area (Å²) in [6.07, 6.45) is 0.740. The van der Waals surface area contributed by atoms with Crippen molar-refractivity contribution in [3.05, 3.63) is 61.7 Å². The van der Waals surface area contributed by atoms with Gasteiger partial charge in [-0.25, -0.2) is 14.2 Å². The van der Waals surface area contributed by atoms with Crippen molar-refractivity contribution in [2.75, 3.05) is 6.54 Å². The van der Waals surface area contributed by atoms with Gasteiger partial charge in [0.25, 0.3) is 5.56 Å². The second-order valence-electron chi connectivity index (χ2n) is 11.6. The van der Waals surface area contributed by atoms with E-state index >= 15 is 4.39 Å². The van der Waals surface area contributed by atoms with Crippen molar-refractivity contribution >= 4 is 29.2 Å². The maximum Gasteiger partial charge on any atom is 0.343 e. The number of aromatic nitrogens is 2. The van der Waals surface area contributed by atoms with Crippen molar-refractivity contribution in [2.24, 2.45) is 0 Å². The summed E-state index contributed by atoms with van der Waals surface area (Å²) < 4.78 is 21.8. The number of benzene rings is 1. The van der Waals surface area contributed by atoms with Gasteiger partial charge in [-0.2, -0.15) is 0 Å². The SMILES string of the molecule is CC[C@@]1(O)C(=O)OCc2c1cc1n(c2=O)Cc2c-1nc1cc(F)c(C)c3c1c2[C@@H](NC(=O)C1C(O)CCN1C=O)CC3. The summed E-state index contributed by atoms with van der Waals surface area (Å²) in [6, 6.07) is 1.35. The van der Waals surface area contributed by atoms with Crippen LogP contribution in [0.5, 0.6) is 0 Å². The number of nitrogens with zero attached hydrogens (tertiary/aromatic N) is 3. The fourth-order valence-electron chi connectivity index (χ4n) is 7.20. The first-order valence-corrected chi connectivity index (χ1v) is 14.1. The van der Waals surface area contributed by atoms with Crippen LogP contribution in [0.2, 0.25) is 0 Å². The van der Waals surface area contributed by atoms with E-state index in [1.165, 1.54) is 15.5 Å². The van der Waals surface area contributed by atoms with Crippen molar-refractivity contribution in [1.82, 2.24) is 19.8 Å². The summed E-state index contributed by atoms with van der Waals surface area (Å²) in [5, 5.41) is 25.4. The largest absolute Gasteiger partial charge is 0.458 e. The molecule has 4 aliphatic rings. The quantitative estimate of drug-likeness (QED) is 0.242. The number of amides is 2. The number of likely N-dealkylation sites (tertiary alicyclic amines) is 1. The van der Waals surface area contributed by atoms with Gasteiger partial charge in [0.1, 0.15) is 18.5 Å². The summed E-state index contributed by atoms with van der Waals surface area (Å²) in [6.45, 7) is 3.44. The number of nitrogens with one attached hydrogen (secondary N) is 1. The highest BCUT2D eigenvalue weighted by molar-refractivity contribution is 5.94. The molecule has 7 rings (SSSR count). The number of halogens is 1. The number of esters is 1. The first-order chi connectivity index (χ1) is 20.1. The fourth-order valence-corrected chi connectivity index (χ4v) is 7.20. The van der Waals surface area contributed by atoms with Gasteiger partial charge in [0.15, 0.2) is 5.60 Å². The van der Waals surface area contributed by atoms with Gasteiger partial charge >= 0.3 is 5.97 Å². The van der Waals surface area contributed by atoms with Crippen molar-refractivity contribution in [3.8, 4) is 11.4 Å². The third kappa shape index (κ3) is 3.48. The van der Waals surface area contributed by atoms with Gasteiger partial charge in [0.2, 0.25) is 12.3 Å². The molecule has 0 spiro atoms. The summed E-state index contributed by atoms with van der Waals surface area (Å²) >= 11 is 0. The van der Waals surface area contributed by atoms with Crippen molar-refractivity contribution < 1.29 is 33.7 Å². The number of aliphatic hydroxyl groups is 2. The molecule has 3 aliphatic heterocycles. The predicted octanol–water partition coefficient (Wildman–Crippen LogP) is 1.22. The van der Waals surface area contributed by atoms with Gasteiger partial charge in [-0.1, -0.05) is 6.92 Å². The van der Waals surface area contributed by atoms with Gasteiger partial charge in [0, 0.05) is 29.1 Å². The molecule has 5 heterocycles. The number of hydrogen-bond acceptors (Lipinski definition) is 8. The third-order valence-electron chi connectivity index (χ3n) is 9.50. The van der Waals surface area contributed by atoms with Crippen LogP contribution in [-0.2, 0) is 44.3 Å². The minimum atomic E-state index is -1.99. The van der Waals surface area contributed by atoms with E-state index in [0.29, 0.717) is 58.2 Å². The molecular weight excluding hydrogens is 547 g/mol. The molecule has 12 heteroatoms. The van der Waals surface area contributed by atoms with E-state index in [1.54, 1.807) is 19.9 Å². The minimum Gasteiger partial charge on any atom is -0.458 e. The molecule has 2 amide bonds. The number of carbonyl (C=O) groups excluding carboxylic acids is 3. The average molecular weight is 577 g/mol. The maximum absolute atomic E-state index is 15.1. The van der Waals surface area contributed by atoms with Gasteiger partial charge in [-0.05, 0) is 55.4 Å². The fraction of sp³-hybridized carbons (Fsp3) is 0.433. The van der Waals surface area contributed by atoms with Crippen molar-refractivity contribution in [3.63, 3.8) is 0 Å². The number of carbonyl (C=O) groups is 3. The molecule has 4 atom stereocenters. The third-order valence-corrected chi connectivity index (χ3v) is 9.50. The van der Waals surface area contributed by atoms with Crippen LogP contribution in [0, 0.1) is 12.7 Å². The van der Waals surface area contributed by atoms with Crippen LogP contribution in [0.1, 0.15) is 65.6 Å². The Balaban J connectivity index is 1.43. The van der Waals surface area contributed by atoms with E-state index in [1.807, 2.05) is 0 Å². The van der Waals surface area contributed by atoms with Gasteiger partial charge in [-0.3, -0.25) is 14.4 Å². The topological polar surface area (TPSA) is 151 Å². The molecule has 42 heavy (non-hydrogen) atoms. The zero-order chi connectivity index (χ0) is 29.7. The van der Waals surface area contributed by atoms with E-state index in [2.05, 4.69) is 5.32 Å². The highest BCUT2D eigenvalue weighted by Gasteiger charge is 2.46. The average Bonchev–Trinajstić information content (AvgIpc) is 3.54. The van der Waals surface area contributed by atoms with Gasteiger partial charge < -0.3 is 29.7 Å². The van der Waals surface area contributed by atoms with Crippen LogP contribution in [0.3, 0.4) is 0 Å². The second kappa shape index (κ2) is 9.17. The van der Waals surface area contributed by atoms with Crippen LogP contribution in [0.4, 0.5) is 4.39 Å². The Kier molecular flexibility index (Phi) is 5.83. The lowest BCUT2D eigenvalue weighted by Gasteiger charge is -2.31. The lowest BCUT2D eigenvalue weighted by molar-refractivity contribution is -0.172. The number of fused-ring (bicyclic) bond motifs is 5. The summed E-state index contributed by atoms with van der Waals surface area (Å²) in [5.41, 5.74) is 1.73. The zero-order valence-corrected chi connectivity index (χ0v) is 23.1. The normalized spacial score (nSPS) is 25.6. The van der Waals surface area contributed by atoms with Crippen LogP contribution >= 0.6 is 0 Å². The Labute approximate surface area is 238 Å². The van der Waals surface area contributed by atoms with Crippen LogP contribution < -0.4 is 10.9 Å². The molecule has 1 aromatic carbocycles. The van der Waals surface area contributed by atoms with E-state index < -0.39 is 47.0 Å². The van der Waals surface area contributed by atoms with E-state index in [0.717, 1.165) is 5.56 Å². The highest BCUT2D eigenvalue weighted by atomic mass is 19.1. The molecule has 2 aromatic heterocycles. The van der Waals surface area contributed by atoms with Gasteiger partial charge in [-0.15, -0.1) is 0 Å². The number of aliphatic hydroxyl groups excluding tert-OH is 1. The minimum absolute atomic E-state index is 0.00222. The number of hydrogen-bond donors (Lipinski definition) is 3. The van der Waals surface area contributed by atoms with Gasteiger partial charge in [0.05, 0.1) is 41.2 Å². The molecule has 11 nitrogen and oxygen atoms in total. The van der Waals surface area contributed by atoms with Crippen LogP contribution in [0.15, 0.2) is 16.9 Å². The van der Waals surface area contributed by atoms with E-state index in [-0.39, 0.29) is 43.7 Å². The number of pyridine rings is 2. The molecular formula is C30H29FN4O7. The molecule has 0 bridgehead atoms. The van der Waals surface area contributed by atoms with Crippen LogP contribution in [-0.4, -0.2) is 61.6 Å². The smallest absolute Gasteiger partial charge is 0.343 e. The molecule has 218 valence electrons. The second-order valence-corrected chi connectivity index (χ2v) is 11.6. The molecule has 1 fully saturated rings. The van der Waals surface area contributed by atoms with E-state index in [9.17, 15) is 29.4 Å². The Morgan fingerprint density at radius 3 is 2.79 bits per heavy atom. The molecule has 3 aromatic rings. The summed E-state index contributed by atoms with van der Waals surface area (Å²) in [4.78, 5) is 57.4. The van der Waals surface area contributed by atoms with Crippen LogP contribution in [0.25, 0.3) is 22.3 Å². The standard InChI is InChI=1S/C30H29FN4O7/c1-3-30(41)17-8-21-25-15(10-35(21)28(39)16(17)11-42-29(30)40)24-19(33-27(38)26-22(37)6-7-34(26)12-36)5-4-14-13(2)18(31)9-20(32-25)23(14)24/h8-9,12,19,22,26,37,41H,3-7,10-11H2,1-2H3,(H,33,38)/t19-,22?,26?,30-/m0/s1. The van der Waals surface area contributed by atoms with E-state index in [4.69, 9.17) is 9.72 Å². The maximum atomic E-state index is 15.1. The monoisotopic (exact) mass is 576 g/mol. The summed E-state index contributed by atoms with van der Waals surface area (Å²) in [5.74, 6) is -1.74. The lowest BCUT2D eigenvalue weighted by atomic mass is 9.81. The van der Waals surface area contributed by atoms with Crippen molar-refractivity contribution in [1.29, 1.82) is 0 Å². The zero-order valence-electron chi connectivity index (χ0n) is 23.1. The molecule has 1 aliphatic carbocycles. The highest BCUT2D eigenvalue weighted by Crippen LogP contribution is 2.46. The molecule has 3 N–H and O–H groups in total. The number of rotatable bonds is 4. The Hall–Kier alpha value is -4.16. The molecule has 2 unspecified atom stereocenters. The molecule has 0 saturated carbocycles. The number of ether oxygens (including phenoxy) is 1. The first-order valence-electron chi connectivity index (χ1n) is 14.1. The Morgan fingerprint density at radius 1 is 1.26 bits per heavy atom. The summed E-state index contributed by atoms with van der Waals surface area (Å²) in [7, 11) is 0. The molecule has 0 radical (unpaired) electrons. The first kappa shape index (κ1) is 26.7. The lowest BCUT2D eigenvalue weighted by Crippen LogP contribution is -2.49. The Bertz CT molecular complexity index is 1800. The van der Waals surface area contributed by atoms with Crippen molar-refractivity contribution in [2.45, 2.75) is 76.5 Å². The number of cyclic esters (lactones) is 1. The number of aryl methyl sites for hydroxylation is 1.